The fourth-order valence-corrected chi connectivity index (χ4v) is 2.96. The third-order valence-corrected chi connectivity index (χ3v) is 4.43. The Kier molecular flexibility index (Phi) is 6.74. The first-order chi connectivity index (χ1) is 13.2. The molecule has 138 valence electrons. The molecule has 0 unspecified atom stereocenters. The summed E-state index contributed by atoms with van der Waals surface area (Å²) in [7, 11) is 0. The summed E-state index contributed by atoms with van der Waals surface area (Å²) in [5.41, 5.74) is 2.58. The lowest BCUT2D eigenvalue weighted by Crippen LogP contribution is -2.01. The largest absolute Gasteiger partial charge is 0.490 e. The molecule has 0 spiro atoms. The lowest BCUT2D eigenvalue weighted by molar-refractivity contribution is 0.269. The molecule has 0 aromatic heterocycles. The highest BCUT2D eigenvalue weighted by molar-refractivity contribution is 6.32. The Bertz CT molecular complexity index is 927. The van der Waals surface area contributed by atoms with Gasteiger partial charge in [-0.15, -0.1) is 0 Å². The van der Waals surface area contributed by atoms with E-state index in [0.717, 1.165) is 16.8 Å². The van der Waals surface area contributed by atoms with E-state index in [1.807, 2.05) is 67.6 Å². The molecule has 27 heavy (non-hydrogen) atoms. The van der Waals surface area contributed by atoms with Crippen LogP contribution in [0.25, 0.3) is 0 Å². The van der Waals surface area contributed by atoms with Crippen LogP contribution < -0.4 is 9.47 Å². The number of hydrogen-bond acceptors (Lipinski definition) is 3. The molecule has 0 N–H and O–H groups in total. The monoisotopic (exact) mass is 399 g/mol. The molecule has 3 rings (SSSR count). The van der Waals surface area contributed by atoms with Gasteiger partial charge in [0.25, 0.3) is 0 Å². The Hall–Kier alpha value is -2.49. The summed E-state index contributed by atoms with van der Waals surface area (Å²) in [5, 5.41) is 1.11. The van der Waals surface area contributed by atoms with Gasteiger partial charge in [-0.1, -0.05) is 59.6 Å². The van der Waals surface area contributed by atoms with Gasteiger partial charge >= 0.3 is 0 Å². The highest BCUT2D eigenvalue weighted by Crippen LogP contribution is 2.37. The van der Waals surface area contributed by atoms with E-state index in [1.54, 1.807) is 12.3 Å². The first-order valence-corrected chi connectivity index (χ1v) is 9.34. The highest BCUT2D eigenvalue weighted by atomic mass is 35.5. The second-order valence-corrected chi connectivity index (χ2v) is 6.55. The van der Waals surface area contributed by atoms with Gasteiger partial charge < -0.3 is 9.47 Å². The Labute approximate surface area is 169 Å². The van der Waals surface area contributed by atoms with Crippen molar-refractivity contribution in [2.75, 3.05) is 6.61 Å². The van der Waals surface area contributed by atoms with Crippen molar-refractivity contribution in [3.63, 3.8) is 0 Å². The molecule has 0 saturated carbocycles. The van der Waals surface area contributed by atoms with Crippen LogP contribution in [0.2, 0.25) is 10.0 Å². The van der Waals surface area contributed by atoms with Gasteiger partial charge in [0.15, 0.2) is 11.5 Å². The van der Waals surface area contributed by atoms with E-state index in [0.29, 0.717) is 34.8 Å². The Morgan fingerprint density at radius 2 is 1.63 bits per heavy atom. The van der Waals surface area contributed by atoms with Gasteiger partial charge in [-0.05, 0) is 42.8 Å². The van der Waals surface area contributed by atoms with Crippen LogP contribution >= 0.6 is 23.2 Å². The SMILES string of the molecule is CCOc1cc(C=Nc2ccccc2)cc(Cl)c1OCc1ccccc1Cl. The topological polar surface area (TPSA) is 30.8 Å². The third kappa shape index (κ3) is 5.25. The molecule has 0 aliphatic heterocycles. The zero-order chi connectivity index (χ0) is 19.1. The summed E-state index contributed by atoms with van der Waals surface area (Å²) in [4.78, 5) is 4.46. The van der Waals surface area contributed by atoms with Gasteiger partial charge in [0.1, 0.15) is 6.61 Å². The minimum absolute atomic E-state index is 0.302. The van der Waals surface area contributed by atoms with E-state index in [-0.39, 0.29) is 0 Å². The summed E-state index contributed by atoms with van der Waals surface area (Å²) >= 11 is 12.7. The quantitative estimate of drug-likeness (QED) is 0.412. The maximum Gasteiger partial charge on any atom is 0.180 e. The molecule has 5 heteroatoms. The van der Waals surface area contributed by atoms with Crippen molar-refractivity contribution in [1.82, 2.24) is 0 Å². The van der Waals surface area contributed by atoms with Crippen LogP contribution in [0.1, 0.15) is 18.1 Å². The maximum atomic E-state index is 6.46. The molecule has 0 fully saturated rings. The van der Waals surface area contributed by atoms with Crippen molar-refractivity contribution in [3.8, 4) is 11.5 Å². The molecule has 0 heterocycles. The second-order valence-electron chi connectivity index (χ2n) is 5.74. The number of para-hydroxylation sites is 1. The molecule has 0 bridgehead atoms. The Morgan fingerprint density at radius 1 is 0.889 bits per heavy atom. The van der Waals surface area contributed by atoms with Gasteiger partial charge in [-0.2, -0.15) is 0 Å². The highest BCUT2D eigenvalue weighted by Gasteiger charge is 2.13. The molecule has 0 aliphatic carbocycles. The molecule has 0 saturated heterocycles. The first kappa shape index (κ1) is 19.3. The molecule has 0 radical (unpaired) electrons. The lowest BCUT2D eigenvalue weighted by Gasteiger charge is -2.15. The van der Waals surface area contributed by atoms with Crippen molar-refractivity contribution in [3.05, 3.63) is 87.9 Å². The predicted octanol–water partition coefficient (Wildman–Crippen LogP) is 6.72. The fraction of sp³-hybridized carbons (Fsp3) is 0.136. The van der Waals surface area contributed by atoms with Gasteiger partial charge in [0.2, 0.25) is 0 Å². The predicted molar refractivity (Wildman–Crippen MR) is 112 cm³/mol. The minimum Gasteiger partial charge on any atom is -0.490 e. The van der Waals surface area contributed by atoms with Crippen LogP contribution in [-0.4, -0.2) is 12.8 Å². The van der Waals surface area contributed by atoms with Crippen LogP contribution in [0.3, 0.4) is 0 Å². The van der Waals surface area contributed by atoms with Crippen LogP contribution in [0.5, 0.6) is 11.5 Å². The van der Waals surface area contributed by atoms with E-state index in [9.17, 15) is 0 Å². The number of benzene rings is 3. The second kappa shape index (κ2) is 9.45. The number of nitrogens with zero attached hydrogens (tertiary/aromatic N) is 1. The maximum absolute atomic E-state index is 6.46. The van der Waals surface area contributed by atoms with Crippen molar-refractivity contribution in [2.45, 2.75) is 13.5 Å². The van der Waals surface area contributed by atoms with E-state index in [4.69, 9.17) is 32.7 Å². The van der Waals surface area contributed by atoms with Crippen LogP contribution in [0.15, 0.2) is 71.7 Å². The lowest BCUT2D eigenvalue weighted by atomic mass is 10.2. The van der Waals surface area contributed by atoms with Gasteiger partial charge in [0, 0.05) is 16.8 Å². The van der Waals surface area contributed by atoms with Crippen LogP contribution in [0, 0.1) is 0 Å². The van der Waals surface area contributed by atoms with E-state index in [1.165, 1.54) is 0 Å². The summed E-state index contributed by atoms with van der Waals surface area (Å²) in [6.45, 7) is 2.71. The molecular formula is C22H19Cl2NO2. The molecule has 3 nitrogen and oxygen atoms in total. The van der Waals surface area contributed by atoms with Gasteiger partial charge in [-0.3, -0.25) is 4.99 Å². The van der Waals surface area contributed by atoms with Crippen LogP contribution in [-0.2, 0) is 6.61 Å². The van der Waals surface area contributed by atoms with E-state index >= 15 is 0 Å². The number of ether oxygens (including phenoxy) is 2. The van der Waals surface area contributed by atoms with Gasteiger partial charge in [0.05, 0.1) is 17.3 Å². The number of halogens is 2. The Morgan fingerprint density at radius 3 is 2.37 bits per heavy atom. The zero-order valence-electron chi connectivity index (χ0n) is 14.9. The third-order valence-electron chi connectivity index (χ3n) is 3.78. The average Bonchev–Trinajstić information content (AvgIpc) is 2.68. The zero-order valence-corrected chi connectivity index (χ0v) is 16.4. The molecule has 3 aromatic rings. The number of rotatable bonds is 7. The minimum atomic E-state index is 0.302. The van der Waals surface area contributed by atoms with E-state index < -0.39 is 0 Å². The molecule has 0 amide bonds. The first-order valence-electron chi connectivity index (χ1n) is 8.59. The molecule has 0 atom stereocenters. The average molecular weight is 400 g/mol. The number of aliphatic imine (C=N–C) groups is 1. The summed E-state index contributed by atoms with van der Waals surface area (Å²) in [6.07, 6.45) is 1.75. The Balaban J connectivity index is 1.83. The summed E-state index contributed by atoms with van der Waals surface area (Å²) < 4.78 is 11.6. The van der Waals surface area contributed by atoms with E-state index in [2.05, 4.69) is 4.99 Å². The van der Waals surface area contributed by atoms with Crippen LogP contribution in [0.4, 0.5) is 5.69 Å². The fourth-order valence-electron chi connectivity index (χ4n) is 2.49. The van der Waals surface area contributed by atoms with Gasteiger partial charge in [-0.25, -0.2) is 0 Å². The standard InChI is InChI=1S/C22H19Cl2NO2/c1-2-26-21-13-16(14-25-18-9-4-3-5-10-18)12-20(24)22(21)27-15-17-8-6-7-11-19(17)23/h3-14H,2,15H2,1H3. The smallest absolute Gasteiger partial charge is 0.180 e. The van der Waals surface area contributed by atoms with Crippen molar-refractivity contribution >= 4 is 35.1 Å². The normalized spacial score (nSPS) is 10.9. The van der Waals surface area contributed by atoms with Crippen molar-refractivity contribution in [1.29, 1.82) is 0 Å². The molecule has 3 aromatic carbocycles. The van der Waals surface area contributed by atoms with Crippen molar-refractivity contribution in [2.24, 2.45) is 4.99 Å². The number of hydrogen-bond donors (Lipinski definition) is 0. The molecule has 0 aliphatic rings. The molecular weight excluding hydrogens is 381 g/mol. The summed E-state index contributed by atoms with van der Waals surface area (Å²) in [6, 6.07) is 20.9. The van der Waals surface area contributed by atoms with Crippen molar-refractivity contribution < 1.29 is 9.47 Å². The summed E-state index contributed by atoms with van der Waals surface area (Å²) in [5.74, 6) is 1.07.